The molecular weight excluding hydrogens is 290 g/mol. The van der Waals surface area contributed by atoms with Crippen molar-refractivity contribution >= 4 is 5.91 Å². The second-order valence-corrected chi connectivity index (χ2v) is 6.48. The predicted octanol–water partition coefficient (Wildman–Crippen LogP) is 2.37. The first-order valence-corrected chi connectivity index (χ1v) is 8.10. The lowest BCUT2D eigenvalue weighted by Crippen LogP contribution is -2.43. The molecule has 5 heteroatoms. The lowest BCUT2D eigenvalue weighted by molar-refractivity contribution is 0.00786. The van der Waals surface area contributed by atoms with Gasteiger partial charge in [-0.2, -0.15) is 5.10 Å². The van der Waals surface area contributed by atoms with Gasteiger partial charge in [0.2, 0.25) is 0 Å². The number of aryl methyl sites for hydroxylation is 1. The van der Waals surface area contributed by atoms with E-state index in [9.17, 15) is 9.90 Å². The molecule has 0 radical (unpaired) electrons. The smallest absolute Gasteiger partial charge is 0.257 e. The minimum atomic E-state index is -0.757. The molecule has 23 heavy (non-hydrogen) atoms. The monoisotopic (exact) mass is 313 g/mol. The topological polar surface area (TPSA) is 58.4 Å². The van der Waals surface area contributed by atoms with Crippen LogP contribution >= 0.6 is 0 Å². The molecule has 1 fully saturated rings. The number of rotatable bonds is 5. The predicted molar refractivity (Wildman–Crippen MR) is 87.8 cm³/mol. The highest BCUT2D eigenvalue weighted by atomic mass is 16.3. The number of benzene rings is 1. The highest BCUT2D eigenvalue weighted by Crippen LogP contribution is 2.31. The van der Waals surface area contributed by atoms with Gasteiger partial charge < -0.3 is 10.0 Å². The summed E-state index contributed by atoms with van der Waals surface area (Å²) in [6, 6.07) is 9.89. The van der Waals surface area contributed by atoms with Gasteiger partial charge in [0.15, 0.2) is 0 Å². The van der Waals surface area contributed by atoms with E-state index in [-0.39, 0.29) is 5.91 Å². The van der Waals surface area contributed by atoms with Crippen molar-refractivity contribution in [3.63, 3.8) is 0 Å². The second-order valence-electron chi connectivity index (χ2n) is 6.48. The van der Waals surface area contributed by atoms with Gasteiger partial charge in [-0.15, -0.1) is 0 Å². The summed E-state index contributed by atoms with van der Waals surface area (Å²) in [6.07, 6.45) is 6.88. The van der Waals surface area contributed by atoms with Crippen LogP contribution in [0, 0.1) is 0 Å². The summed E-state index contributed by atoms with van der Waals surface area (Å²) in [4.78, 5) is 14.6. The molecule has 0 bridgehead atoms. The molecular formula is C18H23N3O2. The first kappa shape index (κ1) is 15.7. The first-order chi connectivity index (χ1) is 11.1. The molecule has 1 N–H and O–H groups in total. The molecule has 1 amide bonds. The molecule has 1 aromatic heterocycles. The first-order valence-electron chi connectivity index (χ1n) is 8.10. The molecule has 5 nitrogen and oxygen atoms in total. The molecule has 0 unspecified atom stereocenters. The van der Waals surface area contributed by atoms with E-state index in [2.05, 4.69) is 5.10 Å². The van der Waals surface area contributed by atoms with Crippen LogP contribution in [0.2, 0.25) is 0 Å². The third kappa shape index (κ3) is 3.79. The van der Waals surface area contributed by atoms with Crippen LogP contribution < -0.4 is 0 Å². The Kier molecular flexibility index (Phi) is 4.48. The number of amides is 1. The van der Waals surface area contributed by atoms with Gasteiger partial charge in [0.05, 0.1) is 23.9 Å². The quantitative estimate of drug-likeness (QED) is 0.922. The van der Waals surface area contributed by atoms with Crippen LogP contribution in [0.15, 0.2) is 42.7 Å². The molecule has 1 heterocycles. The summed E-state index contributed by atoms with van der Waals surface area (Å²) in [5, 5.41) is 14.8. The standard InChI is InChI=1S/C18H23N3O2/c1-20-13-16(11-19-20)17(22)21(12-15-7-3-2-4-8-15)14-18(23)9-5-6-10-18/h2-4,7-8,11,13,23H,5-6,9-10,12,14H2,1H3. The third-order valence-corrected chi connectivity index (χ3v) is 4.47. The largest absolute Gasteiger partial charge is 0.388 e. The van der Waals surface area contributed by atoms with Gasteiger partial charge in [-0.25, -0.2) is 0 Å². The maximum absolute atomic E-state index is 12.9. The summed E-state index contributed by atoms with van der Waals surface area (Å²) >= 11 is 0. The van der Waals surface area contributed by atoms with Gasteiger partial charge >= 0.3 is 0 Å². The van der Waals surface area contributed by atoms with Crippen molar-refractivity contribution in [1.82, 2.24) is 14.7 Å². The van der Waals surface area contributed by atoms with Gasteiger partial charge in [-0.05, 0) is 18.4 Å². The van der Waals surface area contributed by atoms with Gasteiger partial charge in [0.1, 0.15) is 0 Å². The van der Waals surface area contributed by atoms with Crippen molar-refractivity contribution in [2.45, 2.75) is 37.8 Å². The Morgan fingerprint density at radius 2 is 2.00 bits per heavy atom. The number of aliphatic hydroxyl groups is 1. The van der Waals surface area contributed by atoms with E-state index in [0.29, 0.717) is 18.7 Å². The SMILES string of the molecule is Cn1cc(C(=O)N(Cc2ccccc2)CC2(O)CCCC2)cn1. The van der Waals surface area contributed by atoms with E-state index < -0.39 is 5.60 Å². The molecule has 1 saturated carbocycles. The molecule has 0 spiro atoms. The van der Waals surface area contributed by atoms with Gasteiger partial charge in [-0.3, -0.25) is 9.48 Å². The van der Waals surface area contributed by atoms with Crippen molar-refractivity contribution in [3.05, 3.63) is 53.9 Å². The minimum Gasteiger partial charge on any atom is -0.388 e. The molecule has 122 valence electrons. The molecule has 1 aliphatic carbocycles. The van der Waals surface area contributed by atoms with Gasteiger partial charge in [0, 0.05) is 19.8 Å². The van der Waals surface area contributed by atoms with Crippen LogP contribution in [-0.4, -0.2) is 37.8 Å². The molecule has 0 aliphatic heterocycles. The lowest BCUT2D eigenvalue weighted by atomic mass is 10.0. The van der Waals surface area contributed by atoms with Crippen molar-refractivity contribution in [2.24, 2.45) is 7.05 Å². The van der Waals surface area contributed by atoms with Crippen molar-refractivity contribution in [1.29, 1.82) is 0 Å². The zero-order valence-electron chi connectivity index (χ0n) is 13.5. The number of hydrogen-bond acceptors (Lipinski definition) is 3. The number of hydrogen-bond donors (Lipinski definition) is 1. The van der Waals surface area contributed by atoms with Crippen molar-refractivity contribution in [2.75, 3.05) is 6.54 Å². The van der Waals surface area contributed by atoms with Crippen molar-refractivity contribution < 1.29 is 9.90 Å². The molecule has 3 rings (SSSR count). The molecule has 1 aromatic carbocycles. The maximum atomic E-state index is 12.9. The van der Waals surface area contributed by atoms with Crippen LogP contribution in [-0.2, 0) is 13.6 Å². The Labute approximate surface area is 136 Å². The Bertz CT molecular complexity index is 660. The van der Waals surface area contributed by atoms with Crippen LogP contribution in [0.1, 0.15) is 41.6 Å². The summed E-state index contributed by atoms with van der Waals surface area (Å²) in [5.74, 6) is -0.0812. The van der Waals surface area contributed by atoms with E-state index in [1.165, 1.54) is 0 Å². The third-order valence-electron chi connectivity index (χ3n) is 4.47. The van der Waals surface area contributed by atoms with E-state index in [0.717, 1.165) is 31.2 Å². The van der Waals surface area contributed by atoms with Gasteiger partial charge in [-0.1, -0.05) is 43.2 Å². The summed E-state index contributed by atoms with van der Waals surface area (Å²) < 4.78 is 1.62. The number of carbonyl (C=O) groups excluding carboxylic acids is 1. The Morgan fingerprint density at radius 1 is 1.30 bits per heavy atom. The van der Waals surface area contributed by atoms with E-state index >= 15 is 0 Å². The van der Waals surface area contributed by atoms with Crippen LogP contribution in [0.4, 0.5) is 0 Å². The number of carbonyl (C=O) groups is 1. The van der Waals surface area contributed by atoms with Gasteiger partial charge in [0.25, 0.3) is 5.91 Å². The summed E-state index contributed by atoms with van der Waals surface area (Å²) in [5.41, 5.74) is 0.864. The Morgan fingerprint density at radius 3 is 2.61 bits per heavy atom. The minimum absolute atomic E-state index is 0.0812. The van der Waals surface area contributed by atoms with E-state index in [4.69, 9.17) is 0 Å². The lowest BCUT2D eigenvalue weighted by Gasteiger charge is -2.31. The average Bonchev–Trinajstić information content (AvgIpc) is 3.16. The second kappa shape index (κ2) is 6.54. The zero-order valence-corrected chi connectivity index (χ0v) is 13.5. The summed E-state index contributed by atoms with van der Waals surface area (Å²) in [6.45, 7) is 0.868. The van der Waals surface area contributed by atoms with E-state index in [1.54, 1.807) is 29.0 Å². The van der Waals surface area contributed by atoms with E-state index in [1.807, 2.05) is 30.3 Å². The highest BCUT2D eigenvalue weighted by Gasteiger charge is 2.35. The molecule has 0 saturated heterocycles. The fourth-order valence-electron chi connectivity index (χ4n) is 3.26. The average molecular weight is 313 g/mol. The zero-order chi connectivity index (χ0) is 16.3. The Balaban J connectivity index is 1.81. The normalized spacial score (nSPS) is 16.4. The highest BCUT2D eigenvalue weighted by molar-refractivity contribution is 5.93. The molecule has 0 atom stereocenters. The Hall–Kier alpha value is -2.14. The van der Waals surface area contributed by atoms with Crippen LogP contribution in [0.3, 0.4) is 0 Å². The summed E-state index contributed by atoms with van der Waals surface area (Å²) in [7, 11) is 1.79. The fourth-order valence-corrected chi connectivity index (χ4v) is 3.26. The number of aromatic nitrogens is 2. The molecule has 1 aliphatic rings. The fraction of sp³-hybridized carbons (Fsp3) is 0.444. The van der Waals surface area contributed by atoms with Crippen LogP contribution in [0.5, 0.6) is 0 Å². The molecule has 2 aromatic rings. The maximum Gasteiger partial charge on any atom is 0.257 e. The number of nitrogens with zero attached hydrogens (tertiary/aromatic N) is 3. The van der Waals surface area contributed by atoms with Crippen LogP contribution in [0.25, 0.3) is 0 Å². The van der Waals surface area contributed by atoms with Crippen molar-refractivity contribution in [3.8, 4) is 0 Å².